The van der Waals surface area contributed by atoms with Crippen molar-refractivity contribution in [2.75, 3.05) is 25.0 Å². The molecule has 0 unspecified atom stereocenters. The van der Waals surface area contributed by atoms with Gasteiger partial charge in [0.2, 0.25) is 0 Å². The molecule has 7 nitrogen and oxygen atoms in total. The van der Waals surface area contributed by atoms with Crippen LogP contribution in [0, 0.1) is 13.8 Å². The largest absolute Gasteiger partial charge is 0.395 e. The topological polar surface area (TPSA) is 83.3 Å². The molecule has 2 N–H and O–H groups in total. The number of anilines is 1. The summed E-state index contributed by atoms with van der Waals surface area (Å²) >= 11 is 0. The number of hydrogen-bond acceptors (Lipinski definition) is 4. The minimum Gasteiger partial charge on any atom is -0.395 e. The highest BCUT2D eigenvalue weighted by Crippen LogP contribution is 2.13. The van der Waals surface area contributed by atoms with Gasteiger partial charge in [0, 0.05) is 18.8 Å². The van der Waals surface area contributed by atoms with Gasteiger partial charge < -0.3 is 15.3 Å². The number of carbonyl (C=O) groups is 1. The van der Waals surface area contributed by atoms with Crippen LogP contribution in [0.25, 0.3) is 0 Å². The number of urea groups is 1. The maximum atomic E-state index is 12.4. The third-order valence-electron chi connectivity index (χ3n) is 3.91. The Morgan fingerprint density at radius 3 is 2.76 bits per heavy atom. The fraction of sp³-hybridized carbons (Fsp3) is 0.500. The summed E-state index contributed by atoms with van der Waals surface area (Å²) in [4.78, 5) is 18.4. The van der Waals surface area contributed by atoms with Crippen molar-refractivity contribution in [1.29, 1.82) is 0 Å². The molecule has 1 aromatic carbocycles. The van der Waals surface area contributed by atoms with Crippen LogP contribution in [0.5, 0.6) is 0 Å². The fourth-order valence-corrected chi connectivity index (χ4v) is 2.62. The molecule has 0 saturated carbocycles. The number of aromatic nitrogens is 3. The van der Waals surface area contributed by atoms with E-state index in [1.807, 2.05) is 42.8 Å². The normalized spacial score (nSPS) is 10.7. The van der Waals surface area contributed by atoms with Crippen LogP contribution in [-0.4, -0.2) is 50.5 Å². The second-order valence-corrected chi connectivity index (χ2v) is 6.06. The summed E-state index contributed by atoms with van der Waals surface area (Å²) < 4.78 is 1.84. The van der Waals surface area contributed by atoms with E-state index in [-0.39, 0.29) is 12.6 Å². The number of benzene rings is 1. The maximum Gasteiger partial charge on any atom is 0.321 e. The van der Waals surface area contributed by atoms with Crippen LogP contribution in [0.3, 0.4) is 0 Å². The summed E-state index contributed by atoms with van der Waals surface area (Å²) in [6.07, 6.45) is 1.92. The zero-order chi connectivity index (χ0) is 18.2. The Bertz CT molecular complexity index is 699. The Labute approximate surface area is 148 Å². The summed E-state index contributed by atoms with van der Waals surface area (Å²) in [6, 6.07) is 7.51. The Balaban J connectivity index is 2.04. The molecule has 1 aromatic heterocycles. The van der Waals surface area contributed by atoms with Crippen molar-refractivity contribution in [2.24, 2.45) is 0 Å². The summed E-state index contributed by atoms with van der Waals surface area (Å²) in [7, 11) is 0. The molecular weight excluding hydrogens is 318 g/mol. The third kappa shape index (κ3) is 5.56. The zero-order valence-electron chi connectivity index (χ0n) is 15.2. The van der Waals surface area contributed by atoms with Crippen LogP contribution >= 0.6 is 0 Å². The van der Waals surface area contributed by atoms with Gasteiger partial charge in [-0.1, -0.05) is 25.5 Å². The number of nitrogens with zero attached hydrogens (tertiary/aromatic N) is 4. The van der Waals surface area contributed by atoms with Crippen LogP contribution in [0.2, 0.25) is 0 Å². The van der Waals surface area contributed by atoms with Gasteiger partial charge in [0.25, 0.3) is 0 Å². The van der Waals surface area contributed by atoms with Crippen LogP contribution in [-0.2, 0) is 6.54 Å². The Morgan fingerprint density at radius 2 is 2.12 bits per heavy atom. The molecule has 0 fully saturated rings. The summed E-state index contributed by atoms with van der Waals surface area (Å²) in [5, 5.41) is 16.4. The summed E-state index contributed by atoms with van der Waals surface area (Å²) in [5.74, 6) is 1.61. The molecule has 0 aliphatic carbocycles. The van der Waals surface area contributed by atoms with Crippen LogP contribution in [0.15, 0.2) is 24.3 Å². The van der Waals surface area contributed by atoms with Crippen LogP contribution in [0.4, 0.5) is 10.5 Å². The molecule has 0 aliphatic rings. The molecule has 0 radical (unpaired) electrons. The molecule has 0 aliphatic heterocycles. The van der Waals surface area contributed by atoms with Crippen molar-refractivity contribution in [3.63, 3.8) is 0 Å². The lowest BCUT2D eigenvalue weighted by Gasteiger charge is -2.22. The molecular formula is C18H27N5O2. The minimum atomic E-state index is -0.188. The van der Waals surface area contributed by atoms with Gasteiger partial charge >= 0.3 is 6.03 Å². The number of amides is 2. The van der Waals surface area contributed by atoms with Gasteiger partial charge in [0.15, 0.2) is 0 Å². The van der Waals surface area contributed by atoms with Crippen molar-refractivity contribution in [3.05, 3.63) is 41.5 Å². The lowest BCUT2D eigenvalue weighted by molar-refractivity contribution is 0.187. The van der Waals surface area contributed by atoms with Gasteiger partial charge in [-0.25, -0.2) is 14.5 Å². The van der Waals surface area contributed by atoms with Gasteiger partial charge in [0.1, 0.15) is 11.6 Å². The van der Waals surface area contributed by atoms with Crippen molar-refractivity contribution in [2.45, 2.75) is 40.2 Å². The lowest BCUT2D eigenvalue weighted by atomic mass is 10.2. The molecule has 7 heteroatoms. The fourth-order valence-electron chi connectivity index (χ4n) is 2.62. The predicted octanol–water partition coefficient (Wildman–Crippen LogP) is 2.57. The first-order chi connectivity index (χ1) is 12.0. The van der Waals surface area contributed by atoms with Crippen LogP contribution < -0.4 is 5.32 Å². The number of aliphatic hydroxyl groups is 1. The van der Waals surface area contributed by atoms with E-state index in [0.717, 1.165) is 35.7 Å². The van der Waals surface area contributed by atoms with Crippen molar-refractivity contribution in [1.82, 2.24) is 19.7 Å². The number of hydrogen-bond donors (Lipinski definition) is 2. The van der Waals surface area contributed by atoms with Gasteiger partial charge in [-0.05, 0) is 38.0 Å². The van der Waals surface area contributed by atoms with Gasteiger partial charge in [-0.15, -0.1) is 0 Å². The number of unbranched alkanes of at least 4 members (excludes halogenated alkanes) is 1. The maximum absolute atomic E-state index is 12.4. The molecule has 1 heterocycles. The number of aryl methyl sites for hydroxylation is 2. The molecule has 2 rings (SSSR count). The van der Waals surface area contributed by atoms with E-state index < -0.39 is 0 Å². The standard InChI is InChI=1S/C18H27N5O2/c1-4-5-9-22(10-11-24)18(25)20-17-8-6-7-16(12-17)13-23-15(3)19-14(2)21-23/h6-8,12,24H,4-5,9-11,13H2,1-3H3,(H,20,25). The molecule has 0 saturated heterocycles. The number of aliphatic hydroxyl groups excluding tert-OH is 1. The number of rotatable bonds is 8. The van der Waals surface area contributed by atoms with Gasteiger partial charge in [-0.2, -0.15) is 5.10 Å². The Kier molecular flexibility index (Phi) is 6.94. The highest BCUT2D eigenvalue weighted by atomic mass is 16.3. The second kappa shape index (κ2) is 9.17. The average molecular weight is 345 g/mol. The Morgan fingerprint density at radius 1 is 1.32 bits per heavy atom. The van der Waals surface area contributed by atoms with Gasteiger partial charge in [-0.3, -0.25) is 0 Å². The van der Waals surface area contributed by atoms with E-state index in [1.54, 1.807) is 4.90 Å². The van der Waals surface area contributed by atoms with E-state index in [0.29, 0.717) is 19.6 Å². The first kappa shape index (κ1) is 18.9. The van der Waals surface area contributed by atoms with Gasteiger partial charge in [0.05, 0.1) is 13.2 Å². The quantitative estimate of drug-likeness (QED) is 0.770. The molecule has 25 heavy (non-hydrogen) atoms. The molecule has 136 valence electrons. The predicted molar refractivity (Wildman–Crippen MR) is 97.6 cm³/mol. The summed E-state index contributed by atoms with van der Waals surface area (Å²) in [6.45, 7) is 7.41. The van der Waals surface area contributed by atoms with E-state index in [2.05, 4.69) is 22.3 Å². The smallest absolute Gasteiger partial charge is 0.321 e. The van der Waals surface area contributed by atoms with Crippen molar-refractivity contribution < 1.29 is 9.90 Å². The van der Waals surface area contributed by atoms with E-state index in [4.69, 9.17) is 5.11 Å². The van der Waals surface area contributed by atoms with E-state index >= 15 is 0 Å². The van der Waals surface area contributed by atoms with E-state index in [9.17, 15) is 4.79 Å². The third-order valence-corrected chi connectivity index (χ3v) is 3.91. The lowest BCUT2D eigenvalue weighted by Crippen LogP contribution is -2.37. The van der Waals surface area contributed by atoms with E-state index in [1.165, 1.54) is 0 Å². The molecule has 0 bridgehead atoms. The zero-order valence-corrected chi connectivity index (χ0v) is 15.2. The molecule has 2 amide bonds. The second-order valence-electron chi connectivity index (χ2n) is 6.06. The van der Waals surface area contributed by atoms with Crippen LogP contribution in [0.1, 0.15) is 37.0 Å². The SMILES string of the molecule is CCCCN(CCO)C(=O)Nc1cccc(Cn2nc(C)nc2C)c1. The molecule has 2 aromatic rings. The monoisotopic (exact) mass is 345 g/mol. The minimum absolute atomic E-state index is 0.0396. The summed E-state index contributed by atoms with van der Waals surface area (Å²) in [5.41, 5.74) is 1.77. The Hall–Kier alpha value is -2.41. The first-order valence-corrected chi connectivity index (χ1v) is 8.67. The average Bonchev–Trinajstić information content (AvgIpc) is 2.89. The molecule has 0 atom stereocenters. The van der Waals surface area contributed by atoms with Crippen molar-refractivity contribution in [3.8, 4) is 0 Å². The number of carbonyl (C=O) groups excluding carboxylic acids is 1. The number of nitrogens with one attached hydrogen (secondary N) is 1. The highest BCUT2D eigenvalue weighted by molar-refractivity contribution is 5.89. The van der Waals surface area contributed by atoms with Crippen molar-refractivity contribution >= 4 is 11.7 Å². The molecule has 0 spiro atoms. The first-order valence-electron chi connectivity index (χ1n) is 8.67. The highest BCUT2D eigenvalue weighted by Gasteiger charge is 2.13.